The molecule has 1 aromatic heterocycles. The van der Waals surface area contributed by atoms with Crippen LogP contribution in [-0.2, 0) is 16.4 Å². The van der Waals surface area contributed by atoms with Crippen molar-refractivity contribution in [1.29, 1.82) is 0 Å². The van der Waals surface area contributed by atoms with Crippen molar-refractivity contribution in [3.63, 3.8) is 0 Å². The second-order valence-electron chi connectivity index (χ2n) is 7.59. The van der Waals surface area contributed by atoms with Gasteiger partial charge in [0.05, 0.1) is 10.8 Å². The van der Waals surface area contributed by atoms with E-state index in [9.17, 15) is 8.42 Å². The highest BCUT2D eigenvalue weighted by molar-refractivity contribution is 7.89. The number of hydrogen-bond acceptors (Lipinski definition) is 5. The van der Waals surface area contributed by atoms with E-state index < -0.39 is 10.0 Å². The monoisotopic (exact) mass is 347 g/mol. The summed E-state index contributed by atoms with van der Waals surface area (Å²) in [7, 11) is -3.66. The largest absolute Gasteiger partial charge is 0.339 e. The Balaban J connectivity index is 1.56. The fourth-order valence-corrected chi connectivity index (χ4v) is 4.16. The number of sulfonamides is 1. The van der Waals surface area contributed by atoms with Gasteiger partial charge in [0, 0.05) is 12.3 Å². The van der Waals surface area contributed by atoms with Gasteiger partial charge in [0.1, 0.15) is 0 Å². The predicted octanol–water partition coefficient (Wildman–Crippen LogP) is 2.58. The summed E-state index contributed by atoms with van der Waals surface area (Å²) in [6.45, 7) is 4.33. The first-order valence-electron chi connectivity index (χ1n) is 8.22. The summed E-state index contributed by atoms with van der Waals surface area (Å²) in [4.78, 5) is 4.72. The average Bonchev–Trinajstić information content (AvgIpc) is 3.35. The Kier molecular flexibility index (Phi) is 3.37. The summed E-state index contributed by atoms with van der Waals surface area (Å²) in [6.07, 6.45) is 3.43. The third kappa shape index (κ3) is 2.75. The van der Waals surface area contributed by atoms with Crippen molar-refractivity contribution in [2.75, 3.05) is 0 Å². The maximum atomic E-state index is 11.4. The second kappa shape index (κ2) is 5.13. The molecular weight excluding hydrogens is 326 g/mol. The van der Waals surface area contributed by atoms with Gasteiger partial charge in [-0.05, 0) is 41.9 Å². The SMILES string of the molecule is CC1(C)[C@@H](c2ccc(S(N)(=O)=O)cc2)[C@@H]1c1nc(CC2CC2)no1. The number of hydrogen-bond donors (Lipinski definition) is 1. The molecule has 2 atom stereocenters. The van der Waals surface area contributed by atoms with Gasteiger partial charge in [-0.2, -0.15) is 4.98 Å². The number of nitrogens with zero attached hydrogens (tertiary/aromatic N) is 2. The molecule has 7 heteroatoms. The van der Waals surface area contributed by atoms with Crippen molar-refractivity contribution in [2.24, 2.45) is 16.5 Å². The van der Waals surface area contributed by atoms with Gasteiger partial charge in [0.15, 0.2) is 5.82 Å². The number of benzene rings is 1. The highest BCUT2D eigenvalue weighted by Gasteiger charge is 2.62. The van der Waals surface area contributed by atoms with Crippen molar-refractivity contribution >= 4 is 10.0 Å². The van der Waals surface area contributed by atoms with Crippen LogP contribution in [0.2, 0.25) is 0 Å². The molecule has 24 heavy (non-hydrogen) atoms. The van der Waals surface area contributed by atoms with Crippen LogP contribution in [0.25, 0.3) is 0 Å². The van der Waals surface area contributed by atoms with E-state index in [1.165, 1.54) is 12.8 Å². The van der Waals surface area contributed by atoms with Crippen molar-refractivity contribution in [3.8, 4) is 0 Å². The molecule has 2 aromatic rings. The lowest BCUT2D eigenvalue weighted by molar-refractivity contribution is 0.362. The predicted molar refractivity (Wildman–Crippen MR) is 87.8 cm³/mol. The minimum absolute atomic E-state index is 0.00644. The Morgan fingerprint density at radius 3 is 2.46 bits per heavy atom. The van der Waals surface area contributed by atoms with Gasteiger partial charge in [-0.3, -0.25) is 0 Å². The van der Waals surface area contributed by atoms with Gasteiger partial charge in [0.25, 0.3) is 0 Å². The maximum Gasteiger partial charge on any atom is 0.238 e. The van der Waals surface area contributed by atoms with Gasteiger partial charge < -0.3 is 4.52 Å². The molecule has 1 aromatic carbocycles. The lowest BCUT2D eigenvalue weighted by atomic mass is 10.0. The van der Waals surface area contributed by atoms with E-state index in [2.05, 4.69) is 24.0 Å². The van der Waals surface area contributed by atoms with Crippen LogP contribution < -0.4 is 5.14 Å². The summed E-state index contributed by atoms with van der Waals surface area (Å²) in [6, 6.07) is 6.77. The van der Waals surface area contributed by atoms with Crippen LogP contribution >= 0.6 is 0 Å². The molecule has 0 radical (unpaired) electrons. The molecular formula is C17H21N3O3S. The van der Waals surface area contributed by atoms with Crippen molar-refractivity contribution in [1.82, 2.24) is 10.1 Å². The van der Waals surface area contributed by atoms with Gasteiger partial charge in [0.2, 0.25) is 15.9 Å². The fraction of sp³-hybridized carbons (Fsp3) is 0.529. The molecule has 2 aliphatic rings. The molecule has 2 N–H and O–H groups in total. The van der Waals surface area contributed by atoms with Crippen LogP contribution in [0, 0.1) is 11.3 Å². The lowest BCUT2D eigenvalue weighted by Gasteiger charge is -2.04. The van der Waals surface area contributed by atoms with Crippen LogP contribution in [0.15, 0.2) is 33.7 Å². The molecule has 2 fully saturated rings. The quantitative estimate of drug-likeness (QED) is 0.896. The van der Waals surface area contributed by atoms with E-state index in [1.807, 2.05) is 12.1 Å². The number of primary sulfonamides is 1. The molecule has 0 spiro atoms. The van der Waals surface area contributed by atoms with E-state index in [0.717, 1.165) is 23.7 Å². The fourth-order valence-electron chi connectivity index (χ4n) is 3.64. The molecule has 2 aliphatic carbocycles. The Labute approximate surface area is 141 Å². The normalized spacial score (nSPS) is 25.6. The van der Waals surface area contributed by atoms with E-state index in [1.54, 1.807) is 12.1 Å². The van der Waals surface area contributed by atoms with Gasteiger partial charge in [-0.1, -0.05) is 31.1 Å². The average molecular weight is 347 g/mol. The van der Waals surface area contributed by atoms with Crippen LogP contribution in [0.3, 0.4) is 0 Å². The topological polar surface area (TPSA) is 99.1 Å². The summed E-state index contributed by atoms with van der Waals surface area (Å²) >= 11 is 0. The first-order chi connectivity index (χ1) is 11.3. The third-order valence-electron chi connectivity index (χ3n) is 5.31. The molecule has 1 heterocycles. The minimum Gasteiger partial charge on any atom is -0.339 e. The molecule has 0 bridgehead atoms. The Morgan fingerprint density at radius 2 is 1.88 bits per heavy atom. The molecule has 6 nitrogen and oxygen atoms in total. The van der Waals surface area contributed by atoms with Crippen LogP contribution in [0.4, 0.5) is 0 Å². The van der Waals surface area contributed by atoms with Crippen molar-refractivity contribution in [3.05, 3.63) is 41.5 Å². The highest BCUT2D eigenvalue weighted by atomic mass is 32.2. The third-order valence-corrected chi connectivity index (χ3v) is 6.24. The Bertz CT molecular complexity index is 867. The number of aromatic nitrogens is 2. The van der Waals surface area contributed by atoms with Crippen LogP contribution in [0.1, 0.15) is 55.8 Å². The smallest absolute Gasteiger partial charge is 0.238 e. The molecule has 0 amide bonds. The van der Waals surface area contributed by atoms with Gasteiger partial charge in [-0.15, -0.1) is 0 Å². The number of nitrogens with two attached hydrogens (primary N) is 1. The Morgan fingerprint density at radius 1 is 1.21 bits per heavy atom. The molecule has 2 saturated carbocycles. The first kappa shape index (κ1) is 15.8. The molecule has 128 valence electrons. The zero-order chi connectivity index (χ0) is 17.1. The van der Waals surface area contributed by atoms with Crippen LogP contribution in [-0.4, -0.2) is 18.6 Å². The van der Waals surface area contributed by atoms with Crippen LogP contribution in [0.5, 0.6) is 0 Å². The van der Waals surface area contributed by atoms with E-state index in [4.69, 9.17) is 9.66 Å². The summed E-state index contributed by atoms with van der Waals surface area (Å²) in [5.41, 5.74) is 1.08. The standard InChI is InChI=1S/C17H21N3O3S/c1-17(2)14(11-5-7-12(8-6-11)24(18,21)22)15(17)16-19-13(20-23-16)9-10-3-4-10/h5-8,10,14-15H,3-4,9H2,1-2H3,(H2,18,21,22)/t14-,15+/m0/s1. The first-order valence-corrected chi connectivity index (χ1v) is 9.76. The zero-order valence-electron chi connectivity index (χ0n) is 13.8. The summed E-state index contributed by atoms with van der Waals surface area (Å²) in [5.74, 6) is 2.62. The van der Waals surface area contributed by atoms with E-state index in [0.29, 0.717) is 5.89 Å². The summed E-state index contributed by atoms with van der Waals surface area (Å²) in [5, 5.41) is 9.27. The molecule has 0 unspecified atom stereocenters. The Hall–Kier alpha value is -1.73. The van der Waals surface area contributed by atoms with Gasteiger partial charge in [-0.25, -0.2) is 13.6 Å². The molecule has 4 rings (SSSR count). The van der Waals surface area contributed by atoms with Crippen molar-refractivity contribution in [2.45, 2.75) is 49.8 Å². The molecule has 0 aliphatic heterocycles. The minimum atomic E-state index is -3.66. The second-order valence-corrected chi connectivity index (χ2v) is 9.15. The number of rotatable bonds is 5. The van der Waals surface area contributed by atoms with E-state index in [-0.39, 0.29) is 22.1 Å². The lowest BCUT2D eigenvalue weighted by Crippen LogP contribution is -2.11. The van der Waals surface area contributed by atoms with Crippen molar-refractivity contribution < 1.29 is 12.9 Å². The van der Waals surface area contributed by atoms with E-state index >= 15 is 0 Å². The maximum absolute atomic E-state index is 11.4. The van der Waals surface area contributed by atoms with Gasteiger partial charge >= 0.3 is 0 Å². The summed E-state index contributed by atoms with van der Waals surface area (Å²) < 4.78 is 28.3. The highest BCUT2D eigenvalue weighted by Crippen LogP contribution is 2.69. The zero-order valence-corrected chi connectivity index (χ0v) is 14.6. The molecule has 0 saturated heterocycles.